The number of halogens is 1. The number of nitrogens with zero attached hydrogens (tertiary/aromatic N) is 1. The summed E-state index contributed by atoms with van der Waals surface area (Å²) in [7, 11) is 0. The summed E-state index contributed by atoms with van der Waals surface area (Å²) in [5, 5.41) is 0. The zero-order valence-corrected chi connectivity index (χ0v) is 7.29. The van der Waals surface area contributed by atoms with E-state index in [0.29, 0.717) is 5.56 Å². The number of nitrogens with two attached hydrogens (primary N) is 1. The Morgan fingerprint density at radius 2 is 2.17 bits per heavy atom. The average Bonchev–Trinajstić information content (AvgIpc) is 2.04. The van der Waals surface area contributed by atoms with Crippen molar-refractivity contribution >= 4 is 0 Å². The second-order valence-electron chi connectivity index (χ2n) is 3.17. The first-order valence-corrected chi connectivity index (χ1v) is 3.98. The molecule has 1 aromatic heterocycles. The lowest BCUT2D eigenvalue weighted by molar-refractivity contribution is 0.483. The van der Waals surface area contributed by atoms with Gasteiger partial charge in [-0.1, -0.05) is 13.8 Å². The minimum atomic E-state index is -0.321. The lowest BCUT2D eigenvalue weighted by atomic mass is 9.98. The van der Waals surface area contributed by atoms with E-state index in [9.17, 15) is 4.39 Å². The van der Waals surface area contributed by atoms with E-state index < -0.39 is 0 Å². The molecule has 0 amide bonds. The summed E-state index contributed by atoms with van der Waals surface area (Å²) in [6.07, 6.45) is 2.75. The fourth-order valence-electron chi connectivity index (χ4n) is 1.02. The van der Waals surface area contributed by atoms with Gasteiger partial charge in [0.2, 0.25) is 0 Å². The van der Waals surface area contributed by atoms with E-state index in [1.54, 1.807) is 12.3 Å². The van der Waals surface area contributed by atoms with E-state index in [4.69, 9.17) is 5.73 Å². The van der Waals surface area contributed by atoms with Crippen LogP contribution in [0.25, 0.3) is 0 Å². The molecule has 0 bridgehead atoms. The molecule has 0 radical (unpaired) electrons. The van der Waals surface area contributed by atoms with Crippen LogP contribution in [0.15, 0.2) is 18.5 Å². The van der Waals surface area contributed by atoms with Crippen LogP contribution in [0.4, 0.5) is 4.39 Å². The summed E-state index contributed by atoms with van der Waals surface area (Å²) in [5.41, 5.74) is 6.31. The van der Waals surface area contributed by atoms with Crippen molar-refractivity contribution in [1.82, 2.24) is 4.98 Å². The van der Waals surface area contributed by atoms with Gasteiger partial charge in [-0.25, -0.2) is 4.39 Å². The van der Waals surface area contributed by atoms with Gasteiger partial charge in [0.05, 0.1) is 6.20 Å². The molecule has 2 nitrogen and oxygen atoms in total. The molecule has 3 heteroatoms. The zero-order valence-electron chi connectivity index (χ0n) is 7.29. The van der Waals surface area contributed by atoms with Crippen LogP contribution in [0.1, 0.15) is 25.5 Å². The van der Waals surface area contributed by atoms with Crippen LogP contribution in [-0.4, -0.2) is 4.98 Å². The largest absolute Gasteiger partial charge is 0.324 e. The molecule has 12 heavy (non-hydrogen) atoms. The van der Waals surface area contributed by atoms with Gasteiger partial charge >= 0.3 is 0 Å². The van der Waals surface area contributed by atoms with E-state index in [0.717, 1.165) is 0 Å². The minimum absolute atomic E-state index is 0.238. The Balaban J connectivity index is 2.94. The van der Waals surface area contributed by atoms with Gasteiger partial charge in [0.15, 0.2) is 0 Å². The molecule has 2 N–H and O–H groups in total. The molecule has 1 aromatic rings. The predicted octanol–water partition coefficient (Wildman–Crippen LogP) is 1.88. The maximum atomic E-state index is 13.1. The molecule has 0 fully saturated rings. The van der Waals surface area contributed by atoms with Gasteiger partial charge < -0.3 is 5.73 Å². The Morgan fingerprint density at radius 3 is 2.67 bits per heavy atom. The van der Waals surface area contributed by atoms with Crippen LogP contribution in [0.5, 0.6) is 0 Å². The number of hydrogen-bond acceptors (Lipinski definition) is 2. The van der Waals surface area contributed by atoms with Crippen LogP contribution in [0.2, 0.25) is 0 Å². The van der Waals surface area contributed by atoms with E-state index in [-0.39, 0.29) is 17.8 Å². The summed E-state index contributed by atoms with van der Waals surface area (Å²) in [6.45, 7) is 3.93. The Bertz CT molecular complexity index is 260. The van der Waals surface area contributed by atoms with Crippen molar-refractivity contribution in [1.29, 1.82) is 0 Å². The van der Waals surface area contributed by atoms with Crippen molar-refractivity contribution in [2.45, 2.75) is 19.9 Å². The first-order chi connectivity index (χ1) is 5.63. The second-order valence-corrected chi connectivity index (χ2v) is 3.17. The fourth-order valence-corrected chi connectivity index (χ4v) is 1.02. The predicted molar refractivity (Wildman–Crippen MR) is 46.0 cm³/mol. The highest BCUT2D eigenvalue weighted by atomic mass is 19.1. The van der Waals surface area contributed by atoms with Gasteiger partial charge in [0, 0.05) is 17.8 Å². The molecule has 66 valence electrons. The van der Waals surface area contributed by atoms with Crippen molar-refractivity contribution in [2.24, 2.45) is 11.7 Å². The Kier molecular flexibility index (Phi) is 2.76. The van der Waals surface area contributed by atoms with E-state index in [1.165, 1.54) is 6.20 Å². The van der Waals surface area contributed by atoms with Crippen LogP contribution < -0.4 is 5.73 Å². The molecule has 1 atom stereocenters. The fraction of sp³-hybridized carbons (Fsp3) is 0.444. The Morgan fingerprint density at radius 1 is 1.50 bits per heavy atom. The maximum absolute atomic E-state index is 13.1. The smallest absolute Gasteiger partial charge is 0.146 e. The highest BCUT2D eigenvalue weighted by Gasteiger charge is 2.13. The molecule has 0 saturated heterocycles. The molecule has 0 spiro atoms. The first kappa shape index (κ1) is 9.13. The van der Waals surface area contributed by atoms with Crippen LogP contribution in [0, 0.1) is 11.7 Å². The molecule has 0 aliphatic heterocycles. The van der Waals surface area contributed by atoms with Crippen molar-refractivity contribution in [3.8, 4) is 0 Å². The second kappa shape index (κ2) is 3.63. The summed E-state index contributed by atoms with van der Waals surface area (Å²) < 4.78 is 13.1. The van der Waals surface area contributed by atoms with E-state index in [2.05, 4.69) is 4.98 Å². The third kappa shape index (κ3) is 1.80. The monoisotopic (exact) mass is 168 g/mol. The molecule has 1 rings (SSSR count). The average molecular weight is 168 g/mol. The van der Waals surface area contributed by atoms with Crippen molar-refractivity contribution in [2.75, 3.05) is 0 Å². The molecule has 1 heterocycles. The highest BCUT2D eigenvalue weighted by Crippen LogP contribution is 2.20. The van der Waals surface area contributed by atoms with Gasteiger partial charge in [-0.2, -0.15) is 0 Å². The standard InChI is InChI=1S/C9H13FN2/c1-6(2)9(11)7-3-4-12-5-8(7)10/h3-6,9H,11H2,1-2H3. The Labute approximate surface area is 71.6 Å². The van der Waals surface area contributed by atoms with Crippen LogP contribution >= 0.6 is 0 Å². The van der Waals surface area contributed by atoms with Crippen LogP contribution in [-0.2, 0) is 0 Å². The molecule has 0 aliphatic carbocycles. The molecule has 0 aromatic carbocycles. The quantitative estimate of drug-likeness (QED) is 0.732. The lowest BCUT2D eigenvalue weighted by Gasteiger charge is -2.15. The third-order valence-corrected chi connectivity index (χ3v) is 1.88. The van der Waals surface area contributed by atoms with E-state index >= 15 is 0 Å². The SMILES string of the molecule is CC(C)C(N)c1ccncc1F. The summed E-state index contributed by atoms with van der Waals surface area (Å²) in [5.74, 6) is -0.0828. The van der Waals surface area contributed by atoms with Crippen LogP contribution in [0.3, 0.4) is 0 Å². The van der Waals surface area contributed by atoms with Crippen molar-refractivity contribution in [3.05, 3.63) is 29.8 Å². The van der Waals surface area contributed by atoms with Gasteiger partial charge in [-0.05, 0) is 12.0 Å². The minimum Gasteiger partial charge on any atom is -0.324 e. The third-order valence-electron chi connectivity index (χ3n) is 1.88. The maximum Gasteiger partial charge on any atom is 0.146 e. The Hall–Kier alpha value is -0.960. The van der Waals surface area contributed by atoms with Gasteiger partial charge in [-0.15, -0.1) is 0 Å². The van der Waals surface area contributed by atoms with E-state index in [1.807, 2.05) is 13.8 Å². The number of rotatable bonds is 2. The molecule has 1 unspecified atom stereocenters. The highest BCUT2D eigenvalue weighted by molar-refractivity contribution is 5.17. The molecule has 0 aliphatic rings. The first-order valence-electron chi connectivity index (χ1n) is 3.98. The molecule has 0 saturated carbocycles. The summed E-state index contributed by atoms with van der Waals surface area (Å²) in [4.78, 5) is 3.66. The van der Waals surface area contributed by atoms with Gasteiger partial charge in [0.25, 0.3) is 0 Å². The van der Waals surface area contributed by atoms with Gasteiger partial charge in [0.1, 0.15) is 5.82 Å². The summed E-state index contributed by atoms with van der Waals surface area (Å²) >= 11 is 0. The normalized spacial score (nSPS) is 13.4. The summed E-state index contributed by atoms with van der Waals surface area (Å²) in [6, 6.07) is 1.38. The zero-order chi connectivity index (χ0) is 9.14. The number of hydrogen-bond donors (Lipinski definition) is 1. The topological polar surface area (TPSA) is 38.9 Å². The van der Waals surface area contributed by atoms with Crippen molar-refractivity contribution in [3.63, 3.8) is 0 Å². The molecular weight excluding hydrogens is 155 g/mol. The van der Waals surface area contributed by atoms with Crippen molar-refractivity contribution < 1.29 is 4.39 Å². The lowest BCUT2D eigenvalue weighted by Crippen LogP contribution is -2.18. The van der Waals surface area contributed by atoms with Gasteiger partial charge in [-0.3, -0.25) is 4.98 Å². The number of pyridine rings is 1. The number of aromatic nitrogens is 1. The molecular formula is C9H13FN2.